The first-order chi connectivity index (χ1) is 9.56. The van der Waals surface area contributed by atoms with Gasteiger partial charge in [0.15, 0.2) is 0 Å². The van der Waals surface area contributed by atoms with Crippen molar-refractivity contribution < 1.29 is 8.42 Å². The van der Waals surface area contributed by atoms with Crippen LogP contribution in [0.3, 0.4) is 0 Å². The highest BCUT2D eigenvalue weighted by Gasteiger charge is 2.21. The molecule has 21 heavy (non-hydrogen) atoms. The minimum Gasteiger partial charge on any atom is -0.212 e. The number of benzene rings is 1. The summed E-state index contributed by atoms with van der Waals surface area (Å²) in [5.74, 6) is 0.405. The molecule has 0 N–H and O–H groups in total. The van der Waals surface area contributed by atoms with Crippen molar-refractivity contribution in [2.24, 2.45) is 5.92 Å². The van der Waals surface area contributed by atoms with Gasteiger partial charge in [-0.3, -0.25) is 0 Å². The second-order valence-corrected chi connectivity index (χ2v) is 9.17. The van der Waals surface area contributed by atoms with E-state index < -0.39 is 10.0 Å². The summed E-state index contributed by atoms with van der Waals surface area (Å²) in [6.45, 7) is 8.71. The molecule has 1 atom stereocenters. The number of rotatable bonds is 6. The van der Waals surface area contributed by atoms with Gasteiger partial charge in [-0.15, -0.1) is 11.6 Å². The van der Waals surface area contributed by atoms with E-state index in [0.29, 0.717) is 12.4 Å². The summed E-state index contributed by atoms with van der Waals surface area (Å²) in [6.07, 6.45) is 0. The molecule has 1 aromatic carbocycles. The fourth-order valence-electron chi connectivity index (χ4n) is 2.00. The second kappa shape index (κ2) is 7.12. The fourth-order valence-corrected chi connectivity index (χ4v) is 3.67. The Balaban J connectivity index is 2.77. The third kappa shape index (κ3) is 5.61. The smallest absolute Gasteiger partial charge is 0.212 e. The van der Waals surface area contributed by atoms with Gasteiger partial charge in [-0.1, -0.05) is 52.0 Å². The molecular formula is C16H26ClNO2S. The maximum absolute atomic E-state index is 12.2. The van der Waals surface area contributed by atoms with Gasteiger partial charge in [0.2, 0.25) is 10.0 Å². The Morgan fingerprint density at radius 3 is 2.14 bits per heavy atom. The van der Waals surface area contributed by atoms with Gasteiger partial charge in [-0.2, -0.15) is 0 Å². The molecule has 1 unspecified atom stereocenters. The van der Waals surface area contributed by atoms with Gasteiger partial charge in [-0.25, -0.2) is 12.7 Å². The summed E-state index contributed by atoms with van der Waals surface area (Å²) >= 11 is 5.70. The third-order valence-electron chi connectivity index (χ3n) is 3.46. The van der Waals surface area contributed by atoms with Crippen LogP contribution in [0.4, 0.5) is 0 Å². The van der Waals surface area contributed by atoms with E-state index in [1.54, 1.807) is 7.05 Å². The van der Waals surface area contributed by atoms with Crippen LogP contribution in [0.5, 0.6) is 0 Å². The lowest BCUT2D eigenvalue weighted by Crippen LogP contribution is -2.31. The van der Waals surface area contributed by atoms with E-state index >= 15 is 0 Å². The normalized spacial score (nSPS) is 14.4. The van der Waals surface area contributed by atoms with Gasteiger partial charge >= 0.3 is 0 Å². The zero-order valence-electron chi connectivity index (χ0n) is 13.6. The summed E-state index contributed by atoms with van der Waals surface area (Å²) in [5, 5.41) is 0. The Kier molecular flexibility index (Phi) is 6.26. The molecule has 0 aromatic heterocycles. The summed E-state index contributed by atoms with van der Waals surface area (Å²) in [5.41, 5.74) is 2.34. The van der Waals surface area contributed by atoms with E-state index in [-0.39, 0.29) is 17.1 Å². The van der Waals surface area contributed by atoms with E-state index in [9.17, 15) is 8.42 Å². The van der Waals surface area contributed by atoms with Crippen molar-refractivity contribution in [2.75, 3.05) is 18.7 Å². The van der Waals surface area contributed by atoms with Gasteiger partial charge < -0.3 is 0 Å². The fraction of sp³-hybridized carbons (Fsp3) is 0.625. The molecule has 1 aromatic rings. The number of alkyl halides is 1. The molecular weight excluding hydrogens is 306 g/mol. The van der Waals surface area contributed by atoms with Crippen LogP contribution < -0.4 is 0 Å². The first-order valence-electron chi connectivity index (χ1n) is 7.15. The zero-order chi connectivity index (χ0) is 16.3. The van der Waals surface area contributed by atoms with Gasteiger partial charge in [0.25, 0.3) is 0 Å². The first-order valence-corrected chi connectivity index (χ1v) is 9.30. The molecule has 0 spiro atoms. The molecule has 5 heteroatoms. The molecule has 0 aliphatic carbocycles. The highest BCUT2D eigenvalue weighted by molar-refractivity contribution is 7.89. The van der Waals surface area contributed by atoms with Crippen LogP contribution in [0.1, 0.15) is 38.8 Å². The molecule has 0 aliphatic heterocycles. The van der Waals surface area contributed by atoms with Crippen molar-refractivity contribution in [1.29, 1.82) is 0 Å². The molecule has 0 bridgehead atoms. The molecule has 0 aliphatic rings. The molecule has 0 saturated carbocycles. The van der Waals surface area contributed by atoms with Crippen LogP contribution in [0, 0.1) is 5.92 Å². The molecule has 0 saturated heterocycles. The minimum atomic E-state index is -3.26. The Bertz CT molecular complexity index is 547. The summed E-state index contributed by atoms with van der Waals surface area (Å²) < 4.78 is 25.8. The molecule has 0 amide bonds. The standard InChI is InChI=1S/C16H26ClNO2S/c1-13(10-17)12-21(19,20)18(5)11-14-6-8-15(9-7-14)16(2,3)4/h6-9,13H,10-12H2,1-5H3. The first kappa shape index (κ1) is 18.5. The van der Waals surface area contributed by atoms with E-state index in [2.05, 4.69) is 32.9 Å². The molecule has 3 nitrogen and oxygen atoms in total. The van der Waals surface area contributed by atoms with Crippen LogP contribution in [0.2, 0.25) is 0 Å². The van der Waals surface area contributed by atoms with Gasteiger partial charge in [0, 0.05) is 19.5 Å². The van der Waals surface area contributed by atoms with Crippen molar-refractivity contribution in [3.05, 3.63) is 35.4 Å². The number of hydrogen-bond donors (Lipinski definition) is 0. The van der Waals surface area contributed by atoms with Gasteiger partial charge in [0.1, 0.15) is 0 Å². The van der Waals surface area contributed by atoms with Crippen molar-refractivity contribution >= 4 is 21.6 Å². The average Bonchev–Trinajstić information content (AvgIpc) is 2.37. The lowest BCUT2D eigenvalue weighted by atomic mass is 9.87. The van der Waals surface area contributed by atoms with E-state index in [4.69, 9.17) is 11.6 Å². The van der Waals surface area contributed by atoms with Crippen molar-refractivity contribution in [2.45, 2.75) is 39.7 Å². The molecule has 0 heterocycles. The predicted molar refractivity (Wildman–Crippen MR) is 90.3 cm³/mol. The van der Waals surface area contributed by atoms with Crippen molar-refractivity contribution in [3.63, 3.8) is 0 Å². The maximum atomic E-state index is 12.2. The van der Waals surface area contributed by atoms with Crippen LogP contribution in [-0.2, 0) is 22.0 Å². The SMILES string of the molecule is CC(CCl)CS(=O)(=O)N(C)Cc1ccc(C(C)(C)C)cc1. The van der Waals surface area contributed by atoms with Crippen molar-refractivity contribution in [3.8, 4) is 0 Å². The molecule has 120 valence electrons. The number of hydrogen-bond acceptors (Lipinski definition) is 2. The van der Waals surface area contributed by atoms with E-state index in [0.717, 1.165) is 5.56 Å². The van der Waals surface area contributed by atoms with Gasteiger partial charge in [0.05, 0.1) is 5.75 Å². The Labute approximate surface area is 134 Å². The van der Waals surface area contributed by atoms with Crippen LogP contribution in [0.15, 0.2) is 24.3 Å². The number of sulfonamides is 1. The number of halogens is 1. The summed E-state index contributed by atoms with van der Waals surface area (Å²) in [7, 11) is -1.64. The van der Waals surface area contributed by atoms with E-state index in [1.165, 1.54) is 9.87 Å². The summed E-state index contributed by atoms with van der Waals surface area (Å²) in [6, 6.07) is 8.13. The summed E-state index contributed by atoms with van der Waals surface area (Å²) in [4.78, 5) is 0. The Morgan fingerprint density at radius 2 is 1.71 bits per heavy atom. The third-order valence-corrected chi connectivity index (χ3v) is 6.05. The van der Waals surface area contributed by atoms with Gasteiger partial charge in [-0.05, 0) is 22.5 Å². The van der Waals surface area contributed by atoms with E-state index in [1.807, 2.05) is 19.1 Å². The predicted octanol–water partition coefficient (Wildman–Crippen LogP) is 3.62. The lowest BCUT2D eigenvalue weighted by Gasteiger charge is -2.21. The quantitative estimate of drug-likeness (QED) is 0.747. The highest BCUT2D eigenvalue weighted by atomic mass is 35.5. The Hall–Kier alpha value is -0.580. The topological polar surface area (TPSA) is 37.4 Å². The van der Waals surface area contributed by atoms with Crippen molar-refractivity contribution in [1.82, 2.24) is 4.31 Å². The Morgan fingerprint density at radius 1 is 1.19 bits per heavy atom. The minimum absolute atomic E-state index is 0.0395. The molecule has 1 rings (SSSR count). The largest absolute Gasteiger partial charge is 0.214 e. The van der Waals surface area contributed by atoms with Crippen LogP contribution in [-0.4, -0.2) is 31.4 Å². The number of nitrogens with zero attached hydrogens (tertiary/aromatic N) is 1. The van der Waals surface area contributed by atoms with Crippen LogP contribution in [0.25, 0.3) is 0 Å². The van der Waals surface area contributed by atoms with Crippen LogP contribution >= 0.6 is 11.6 Å². The highest BCUT2D eigenvalue weighted by Crippen LogP contribution is 2.22. The second-order valence-electron chi connectivity index (χ2n) is 6.74. The zero-order valence-corrected chi connectivity index (χ0v) is 15.1. The average molecular weight is 332 g/mol. The lowest BCUT2D eigenvalue weighted by molar-refractivity contribution is 0.460. The molecule has 0 radical (unpaired) electrons. The maximum Gasteiger partial charge on any atom is 0.214 e. The monoisotopic (exact) mass is 331 g/mol. The molecule has 0 fully saturated rings.